The maximum absolute atomic E-state index is 12.6. The fourth-order valence-electron chi connectivity index (χ4n) is 3.22. The lowest BCUT2D eigenvalue weighted by Crippen LogP contribution is -2.17. The molecule has 1 heterocycles. The highest BCUT2D eigenvalue weighted by molar-refractivity contribution is 5.86. The predicted molar refractivity (Wildman–Crippen MR) is 91.6 cm³/mol. The Kier molecular flexibility index (Phi) is 5.21. The minimum atomic E-state index is -0.491. The number of rotatable bonds is 6. The van der Waals surface area contributed by atoms with Crippen LogP contribution in [0, 0.1) is 0 Å². The van der Waals surface area contributed by atoms with Crippen LogP contribution >= 0.6 is 0 Å². The molecule has 23 heavy (non-hydrogen) atoms. The molecule has 1 unspecified atom stereocenters. The van der Waals surface area contributed by atoms with Crippen LogP contribution in [0.15, 0.2) is 54.6 Å². The average molecular weight is 309 g/mol. The summed E-state index contributed by atoms with van der Waals surface area (Å²) in [6, 6.07) is 18.1. The normalized spacial score (nSPS) is 18.7. The molecule has 3 rings (SSSR count). The molecule has 1 fully saturated rings. The fraction of sp³-hybridized carbons (Fsp3) is 0.350. The van der Waals surface area contributed by atoms with Crippen LogP contribution in [-0.4, -0.2) is 26.0 Å². The molecule has 3 heteroatoms. The first-order valence-corrected chi connectivity index (χ1v) is 8.18. The highest BCUT2D eigenvalue weighted by Crippen LogP contribution is 2.24. The minimum absolute atomic E-state index is 0.0917. The van der Waals surface area contributed by atoms with Crippen molar-refractivity contribution in [1.82, 2.24) is 5.32 Å². The van der Waals surface area contributed by atoms with Gasteiger partial charge in [0.15, 0.2) is 5.78 Å². The summed E-state index contributed by atoms with van der Waals surface area (Å²) in [5, 5.41) is 3.39. The zero-order chi connectivity index (χ0) is 16.1. The SMILES string of the molecule is CO[C@H](C(=O)Cc1ccc(C2CCNC2)cc1)c1ccccc1. The third-order valence-corrected chi connectivity index (χ3v) is 4.52. The van der Waals surface area contributed by atoms with E-state index in [0.717, 1.165) is 24.2 Å². The average Bonchev–Trinajstić information content (AvgIpc) is 3.12. The quantitative estimate of drug-likeness (QED) is 0.890. The second-order valence-electron chi connectivity index (χ2n) is 6.10. The maximum Gasteiger partial charge on any atom is 0.170 e. The van der Waals surface area contributed by atoms with Crippen LogP contribution in [0.1, 0.15) is 35.1 Å². The van der Waals surface area contributed by atoms with Gasteiger partial charge in [-0.1, -0.05) is 54.6 Å². The van der Waals surface area contributed by atoms with Crippen molar-refractivity contribution in [2.45, 2.75) is 24.9 Å². The monoisotopic (exact) mass is 309 g/mol. The van der Waals surface area contributed by atoms with Gasteiger partial charge in [0, 0.05) is 20.1 Å². The lowest BCUT2D eigenvalue weighted by Gasteiger charge is -2.15. The smallest absolute Gasteiger partial charge is 0.170 e. The van der Waals surface area contributed by atoms with Gasteiger partial charge < -0.3 is 10.1 Å². The van der Waals surface area contributed by atoms with E-state index in [9.17, 15) is 4.79 Å². The van der Waals surface area contributed by atoms with Gasteiger partial charge in [-0.25, -0.2) is 0 Å². The zero-order valence-electron chi connectivity index (χ0n) is 13.5. The standard InChI is InChI=1S/C20H23NO2/c1-23-20(17-5-3-2-4-6-17)19(22)13-15-7-9-16(10-8-15)18-11-12-21-14-18/h2-10,18,20-21H,11-14H2,1H3/t18?,20-/m0/s1. The first-order valence-electron chi connectivity index (χ1n) is 8.18. The van der Waals surface area contributed by atoms with E-state index in [-0.39, 0.29) is 5.78 Å². The second kappa shape index (κ2) is 7.53. The van der Waals surface area contributed by atoms with Crippen molar-refractivity contribution < 1.29 is 9.53 Å². The predicted octanol–water partition coefficient (Wildman–Crippen LogP) is 3.26. The van der Waals surface area contributed by atoms with Crippen molar-refractivity contribution >= 4 is 5.78 Å². The molecule has 0 spiro atoms. The topological polar surface area (TPSA) is 38.3 Å². The summed E-state index contributed by atoms with van der Waals surface area (Å²) in [7, 11) is 1.59. The molecular weight excluding hydrogens is 286 g/mol. The van der Waals surface area contributed by atoms with Crippen molar-refractivity contribution in [3.63, 3.8) is 0 Å². The molecule has 1 N–H and O–H groups in total. The highest BCUT2D eigenvalue weighted by atomic mass is 16.5. The summed E-state index contributed by atoms with van der Waals surface area (Å²) in [4.78, 5) is 12.6. The lowest BCUT2D eigenvalue weighted by molar-refractivity contribution is -0.128. The Hall–Kier alpha value is -1.97. The highest BCUT2D eigenvalue weighted by Gasteiger charge is 2.20. The number of carbonyl (C=O) groups is 1. The molecule has 2 aromatic carbocycles. The third kappa shape index (κ3) is 3.87. The first-order chi connectivity index (χ1) is 11.3. The van der Waals surface area contributed by atoms with Gasteiger partial charge >= 0.3 is 0 Å². The van der Waals surface area contributed by atoms with Gasteiger partial charge in [0.2, 0.25) is 0 Å². The molecule has 1 aliphatic heterocycles. The van der Waals surface area contributed by atoms with Crippen LogP contribution in [0.4, 0.5) is 0 Å². The Labute approximate surface area is 137 Å². The molecule has 0 amide bonds. The lowest BCUT2D eigenvalue weighted by atomic mass is 9.95. The minimum Gasteiger partial charge on any atom is -0.369 e. The van der Waals surface area contributed by atoms with Gasteiger partial charge in [0.1, 0.15) is 6.10 Å². The number of hydrogen-bond acceptors (Lipinski definition) is 3. The van der Waals surface area contributed by atoms with E-state index in [1.807, 2.05) is 30.3 Å². The van der Waals surface area contributed by atoms with Crippen LogP contribution < -0.4 is 5.32 Å². The van der Waals surface area contributed by atoms with Gasteiger partial charge in [-0.3, -0.25) is 4.79 Å². The summed E-state index contributed by atoms with van der Waals surface area (Å²) in [6.07, 6.45) is 1.10. The van der Waals surface area contributed by atoms with E-state index in [1.54, 1.807) is 7.11 Å². The van der Waals surface area contributed by atoms with Crippen LogP contribution in [0.3, 0.4) is 0 Å². The van der Waals surface area contributed by atoms with Gasteiger partial charge in [0.25, 0.3) is 0 Å². The van der Waals surface area contributed by atoms with Gasteiger partial charge in [0.05, 0.1) is 0 Å². The molecule has 1 aliphatic rings. The molecule has 0 aliphatic carbocycles. The Morgan fingerprint density at radius 3 is 2.52 bits per heavy atom. The van der Waals surface area contributed by atoms with E-state index in [1.165, 1.54) is 12.0 Å². The fourth-order valence-corrected chi connectivity index (χ4v) is 3.22. The van der Waals surface area contributed by atoms with Crippen LogP contribution in [0.25, 0.3) is 0 Å². The van der Waals surface area contributed by atoms with E-state index >= 15 is 0 Å². The zero-order valence-corrected chi connectivity index (χ0v) is 13.5. The van der Waals surface area contributed by atoms with Crippen LogP contribution in [0.2, 0.25) is 0 Å². The van der Waals surface area contributed by atoms with Crippen molar-refractivity contribution in [2.24, 2.45) is 0 Å². The Bertz CT molecular complexity index is 630. The molecule has 0 radical (unpaired) electrons. The largest absolute Gasteiger partial charge is 0.369 e. The Morgan fingerprint density at radius 2 is 1.91 bits per heavy atom. The van der Waals surface area contributed by atoms with E-state index in [2.05, 4.69) is 29.6 Å². The molecule has 0 saturated carbocycles. The molecule has 120 valence electrons. The molecule has 1 saturated heterocycles. The number of ether oxygens (including phenoxy) is 1. The summed E-state index contributed by atoms with van der Waals surface area (Å²) in [5.41, 5.74) is 3.31. The number of Topliss-reactive ketones (excluding diaryl/α,β-unsaturated/α-hetero) is 1. The van der Waals surface area contributed by atoms with E-state index in [0.29, 0.717) is 12.3 Å². The molecule has 0 aromatic heterocycles. The van der Waals surface area contributed by atoms with Crippen molar-refractivity contribution in [2.75, 3.05) is 20.2 Å². The summed E-state index contributed by atoms with van der Waals surface area (Å²) in [5.74, 6) is 0.699. The van der Waals surface area contributed by atoms with Gasteiger partial charge in [-0.15, -0.1) is 0 Å². The number of ketones is 1. The number of benzene rings is 2. The summed E-state index contributed by atoms with van der Waals surface area (Å²) < 4.78 is 5.42. The molecule has 2 atom stereocenters. The van der Waals surface area contributed by atoms with Gasteiger partial charge in [-0.2, -0.15) is 0 Å². The third-order valence-electron chi connectivity index (χ3n) is 4.52. The van der Waals surface area contributed by atoms with Crippen LogP contribution in [-0.2, 0) is 16.0 Å². The van der Waals surface area contributed by atoms with Gasteiger partial charge in [-0.05, 0) is 35.6 Å². The number of nitrogens with one attached hydrogen (secondary N) is 1. The van der Waals surface area contributed by atoms with Crippen LogP contribution in [0.5, 0.6) is 0 Å². The molecule has 2 aromatic rings. The number of hydrogen-bond donors (Lipinski definition) is 1. The van der Waals surface area contributed by atoms with Crippen molar-refractivity contribution in [1.29, 1.82) is 0 Å². The molecule has 3 nitrogen and oxygen atoms in total. The number of methoxy groups -OCH3 is 1. The molecule has 0 bridgehead atoms. The maximum atomic E-state index is 12.6. The summed E-state index contributed by atoms with van der Waals surface area (Å²) in [6.45, 7) is 2.15. The van der Waals surface area contributed by atoms with Crippen molar-refractivity contribution in [3.8, 4) is 0 Å². The Morgan fingerprint density at radius 1 is 1.17 bits per heavy atom. The number of carbonyl (C=O) groups excluding carboxylic acids is 1. The first kappa shape index (κ1) is 15.9. The summed E-state index contributed by atoms with van der Waals surface area (Å²) >= 11 is 0. The van der Waals surface area contributed by atoms with E-state index < -0.39 is 6.10 Å². The molecular formula is C20H23NO2. The second-order valence-corrected chi connectivity index (χ2v) is 6.10. The Balaban J connectivity index is 1.67. The van der Waals surface area contributed by atoms with Crippen molar-refractivity contribution in [3.05, 3.63) is 71.3 Å². The van der Waals surface area contributed by atoms with E-state index in [4.69, 9.17) is 4.74 Å².